The van der Waals surface area contributed by atoms with E-state index >= 15 is 0 Å². The average molecular weight is 403 g/mol. The Morgan fingerprint density at radius 2 is 1.03 bits per heavy atom. The molecule has 0 bridgehead atoms. The van der Waals surface area contributed by atoms with Crippen LogP contribution in [0.4, 0.5) is 0 Å². The number of ketones is 1. The van der Waals surface area contributed by atoms with Crippen LogP contribution in [0.5, 0.6) is 0 Å². The fraction of sp³-hybridized carbons (Fsp3) is 0.414. The Kier molecular flexibility index (Phi) is 10.3. The molecule has 0 saturated heterocycles. The van der Waals surface area contributed by atoms with Crippen molar-refractivity contribution < 1.29 is 4.79 Å². The molecule has 2 aromatic carbocycles. The quantitative estimate of drug-likeness (QED) is 0.326. The van der Waals surface area contributed by atoms with E-state index < -0.39 is 0 Å². The third kappa shape index (κ3) is 8.95. The van der Waals surface area contributed by atoms with E-state index in [1.807, 2.05) is 48.6 Å². The van der Waals surface area contributed by atoms with Gasteiger partial charge in [-0.25, -0.2) is 0 Å². The molecule has 1 heteroatoms. The maximum atomic E-state index is 13.1. The first-order valence-corrected chi connectivity index (χ1v) is 11.5. The van der Waals surface area contributed by atoms with Crippen LogP contribution in [0.3, 0.4) is 0 Å². The Morgan fingerprint density at radius 3 is 1.37 bits per heavy atom. The molecule has 30 heavy (non-hydrogen) atoms. The lowest BCUT2D eigenvalue weighted by Gasteiger charge is -2.11. The second-order valence-electron chi connectivity index (χ2n) is 9.05. The van der Waals surface area contributed by atoms with Gasteiger partial charge >= 0.3 is 0 Å². The van der Waals surface area contributed by atoms with Gasteiger partial charge in [0.1, 0.15) is 0 Å². The van der Waals surface area contributed by atoms with Crippen molar-refractivity contribution in [3.63, 3.8) is 0 Å². The molecule has 0 spiro atoms. The summed E-state index contributed by atoms with van der Waals surface area (Å²) in [6.45, 7) is 9.01. The highest BCUT2D eigenvalue weighted by Crippen LogP contribution is 2.25. The van der Waals surface area contributed by atoms with E-state index in [1.54, 1.807) is 0 Å². The van der Waals surface area contributed by atoms with Gasteiger partial charge in [0.15, 0.2) is 5.78 Å². The first-order chi connectivity index (χ1) is 14.5. The van der Waals surface area contributed by atoms with Crippen molar-refractivity contribution in [2.75, 3.05) is 0 Å². The van der Waals surface area contributed by atoms with Crippen molar-refractivity contribution in [1.29, 1.82) is 0 Å². The largest absolute Gasteiger partial charge is 0.290 e. The molecule has 0 atom stereocenters. The number of hydrogen-bond donors (Lipinski definition) is 0. The van der Waals surface area contributed by atoms with Gasteiger partial charge < -0.3 is 0 Å². The predicted molar refractivity (Wildman–Crippen MR) is 131 cm³/mol. The van der Waals surface area contributed by atoms with Crippen molar-refractivity contribution in [3.05, 3.63) is 83.9 Å². The van der Waals surface area contributed by atoms with Crippen LogP contribution in [0.15, 0.2) is 72.8 Å². The van der Waals surface area contributed by atoms with Gasteiger partial charge in [0.25, 0.3) is 0 Å². The fourth-order valence-electron chi connectivity index (χ4n) is 3.69. The Bertz CT molecular complexity index is 740. The van der Waals surface area contributed by atoms with Crippen LogP contribution < -0.4 is 0 Å². The topological polar surface area (TPSA) is 17.1 Å². The lowest BCUT2D eigenvalue weighted by molar-refractivity contribution is -0.110. The predicted octanol–water partition coefficient (Wildman–Crippen LogP) is 8.38. The standard InChI is InChI=1S/C29H38O/c1-23(2)13-11-19-27(25-15-7-5-8-16-25)21-29(30)22-28(20-12-14-24(3)4)26-17-9-6-10-18-26/h5-10,15-18,21-24H,11-14,19-20H2,1-4H3. The highest BCUT2D eigenvalue weighted by Gasteiger charge is 2.08. The van der Waals surface area contributed by atoms with Crippen molar-refractivity contribution >= 4 is 16.9 Å². The molecule has 0 aromatic heterocycles. The van der Waals surface area contributed by atoms with E-state index in [4.69, 9.17) is 0 Å². The van der Waals surface area contributed by atoms with Crippen LogP contribution in [0.1, 0.15) is 77.3 Å². The van der Waals surface area contributed by atoms with Gasteiger partial charge in [0.2, 0.25) is 0 Å². The van der Waals surface area contributed by atoms with E-state index in [-0.39, 0.29) is 5.78 Å². The average Bonchev–Trinajstić information content (AvgIpc) is 2.73. The Morgan fingerprint density at radius 1 is 0.667 bits per heavy atom. The smallest absolute Gasteiger partial charge is 0.179 e. The minimum absolute atomic E-state index is 0.0989. The van der Waals surface area contributed by atoms with E-state index in [9.17, 15) is 4.79 Å². The molecule has 0 aliphatic rings. The molecule has 0 fully saturated rings. The molecule has 1 nitrogen and oxygen atoms in total. The number of allylic oxidation sites excluding steroid dienone is 4. The van der Waals surface area contributed by atoms with Gasteiger partial charge in [-0.1, -0.05) is 101 Å². The SMILES string of the molecule is CC(C)CCCC(=CC(=O)C=C(CCCC(C)C)c1ccccc1)c1ccccc1. The summed E-state index contributed by atoms with van der Waals surface area (Å²) in [6.07, 6.45) is 10.2. The summed E-state index contributed by atoms with van der Waals surface area (Å²) in [5.41, 5.74) is 4.60. The van der Waals surface area contributed by atoms with E-state index in [1.165, 1.54) is 12.8 Å². The molecule has 160 valence electrons. The highest BCUT2D eigenvalue weighted by atomic mass is 16.1. The Balaban J connectivity index is 2.25. The molecule has 0 heterocycles. The molecule has 0 saturated carbocycles. The molecule has 2 aromatic rings. The molecular formula is C29H38O. The van der Waals surface area contributed by atoms with Gasteiger partial charge in [-0.3, -0.25) is 4.79 Å². The van der Waals surface area contributed by atoms with Gasteiger partial charge in [-0.15, -0.1) is 0 Å². The van der Waals surface area contributed by atoms with Gasteiger partial charge in [0.05, 0.1) is 0 Å². The summed E-state index contributed by atoms with van der Waals surface area (Å²) in [6, 6.07) is 20.7. The van der Waals surface area contributed by atoms with Crippen LogP contribution >= 0.6 is 0 Å². The van der Waals surface area contributed by atoms with Crippen LogP contribution in [0.2, 0.25) is 0 Å². The summed E-state index contributed by atoms with van der Waals surface area (Å²) < 4.78 is 0. The first-order valence-electron chi connectivity index (χ1n) is 11.5. The third-order valence-electron chi connectivity index (χ3n) is 5.38. The van der Waals surface area contributed by atoms with Crippen molar-refractivity contribution in [1.82, 2.24) is 0 Å². The maximum Gasteiger partial charge on any atom is 0.179 e. The maximum absolute atomic E-state index is 13.1. The molecule has 2 rings (SSSR count). The van der Waals surface area contributed by atoms with E-state index in [2.05, 4.69) is 52.0 Å². The van der Waals surface area contributed by atoms with E-state index in [0.29, 0.717) is 11.8 Å². The summed E-state index contributed by atoms with van der Waals surface area (Å²) in [4.78, 5) is 13.1. The molecule has 0 aliphatic carbocycles. The summed E-state index contributed by atoms with van der Waals surface area (Å²) in [7, 11) is 0. The normalized spacial score (nSPS) is 12.6. The number of rotatable bonds is 12. The summed E-state index contributed by atoms with van der Waals surface area (Å²) >= 11 is 0. The number of carbonyl (C=O) groups excluding carboxylic acids is 1. The minimum atomic E-state index is 0.0989. The summed E-state index contributed by atoms with van der Waals surface area (Å²) in [5, 5.41) is 0. The lowest BCUT2D eigenvalue weighted by atomic mass is 9.94. The molecule has 0 unspecified atom stereocenters. The molecule has 0 radical (unpaired) electrons. The van der Waals surface area contributed by atoms with Crippen molar-refractivity contribution in [2.24, 2.45) is 11.8 Å². The summed E-state index contributed by atoms with van der Waals surface area (Å²) in [5.74, 6) is 1.47. The van der Waals surface area contributed by atoms with Crippen LogP contribution in [-0.4, -0.2) is 5.78 Å². The molecular weight excluding hydrogens is 364 g/mol. The molecule has 0 N–H and O–H groups in total. The zero-order chi connectivity index (χ0) is 21.8. The minimum Gasteiger partial charge on any atom is -0.290 e. The Hall–Kier alpha value is -2.41. The Labute approximate surface area is 183 Å². The van der Waals surface area contributed by atoms with Crippen LogP contribution in [-0.2, 0) is 4.79 Å². The second-order valence-corrected chi connectivity index (χ2v) is 9.05. The van der Waals surface area contributed by atoms with Crippen molar-refractivity contribution in [2.45, 2.75) is 66.2 Å². The van der Waals surface area contributed by atoms with E-state index in [0.717, 1.165) is 48.0 Å². The van der Waals surface area contributed by atoms with Crippen LogP contribution in [0, 0.1) is 11.8 Å². The van der Waals surface area contributed by atoms with Crippen LogP contribution in [0.25, 0.3) is 11.1 Å². The fourth-order valence-corrected chi connectivity index (χ4v) is 3.69. The number of carbonyl (C=O) groups is 1. The van der Waals surface area contributed by atoms with Crippen molar-refractivity contribution in [3.8, 4) is 0 Å². The number of hydrogen-bond acceptors (Lipinski definition) is 1. The zero-order valence-electron chi connectivity index (χ0n) is 19.2. The molecule has 0 amide bonds. The van der Waals surface area contributed by atoms with Gasteiger partial charge in [-0.2, -0.15) is 0 Å². The number of benzene rings is 2. The highest BCUT2D eigenvalue weighted by molar-refractivity contribution is 6.08. The van der Waals surface area contributed by atoms with Gasteiger partial charge in [0, 0.05) is 0 Å². The molecule has 0 aliphatic heterocycles. The zero-order valence-corrected chi connectivity index (χ0v) is 19.2. The second kappa shape index (κ2) is 13.0. The lowest BCUT2D eigenvalue weighted by Crippen LogP contribution is -1.97. The monoisotopic (exact) mass is 402 g/mol. The first kappa shape index (κ1) is 23.9. The third-order valence-corrected chi connectivity index (χ3v) is 5.38. The van der Waals surface area contributed by atoms with Gasteiger partial charge in [-0.05, 0) is 71.9 Å².